The van der Waals surface area contributed by atoms with Crippen LogP contribution < -0.4 is 5.32 Å². The Bertz CT molecular complexity index is 631. The van der Waals surface area contributed by atoms with Crippen LogP contribution in [0.5, 0.6) is 0 Å². The van der Waals surface area contributed by atoms with Crippen molar-refractivity contribution in [1.82, 2.24) is 10.2 Å². The van der Waals surface area contributed by atoms with Crippen molar-refractivity contribution in [3.8, 4) is 0 Å². The molecule has 1 heterocycles. The van der Waals surface area contributed by atoms with Crippen LogP contribution in [0.4, 0.5) is 0 Å². The Kier molecular flexibility index (Phi) is 4.51. The second-order valence-electron chi connectivity index (χ2n) is 5.02. The van der Waals surface area contributed by atoms with Crippen molar-refractivity contribution in [2.45, 2.75) is 17.9 Å². The number of hydrogen-bond acceptors (Lipinski definition) is 4. The van der Waals surface area contributed by atoms with Crippen LogP contribution >= 0.6 is 15.9 Å². The van der Waals surface area contributed by atoms with Gasteiger partial charge in [-0.1, -0.05) is 0 Å². The number of halogens is 1. The average Bonchev–Trinajstić information content (AvgIpc) is 2.37. The van der Waals surface area contributed by atoms with Gasteiger partial charge in [0.05, 0.1) is 10.5 Å². The summed E-state index contributed by atoms with van der Waals surface area (Å²) in [6.07, 6.45) is 1.14. The minimum Gasteiger partial charge on any atom is -0.336 e. The topological polar surface area (TPSA) is 66.5 Å². The second-order valence-corrected chi connectivity index (χ2v) is 7.89. The lowest BCUT2D eigenvalue weighted by Gasteiger charge is -2.32. The molecule has 0 radical (unpaired) electrons. The van der Waals surface area contributed by atoms with Crippen molar-refractivity contribution in [2.24, 2.45) is 0 Å². The molecular formula is C13H17BrN2O3S. The highest BCUT2D eigenvalue weighted by Gasteiger charge is 2.24. The van der Waals surface area contributed by atoms with Crippen LogP contribution in [-0.4, -0.2) is 51.2 Å². The fraction of sp³-hybridized carbons (Fsp3) is 0.462. The number of sulfone groups is 1. The Morgan fingerprint density at radius 2 is 2.15 bits per heavy atom. The quantitative estimate of drug-likeness (QED) is 0.862. The van der Waals surface area contributed by atoms with Crippen molar-refractivity contribution in [3.05, 3.63) is 28.2 Å². The normalized spacial score (nSPS) is 19.9. The number of rotatable bonds is 2. The van der Waals surface area contributed by atoms with E-state index in [1.165, 1.54) is 12.1 Å². The molecule has 1 atom stereocenters. The van der Waals surface area contributed by atoms with Gasteiger partial charge in [-0.15, -0.1) is 0 Å². The summed E-state index contributed by atoms with van der Waals surface area (Å²) >= 11 is 3.32. The summed E-state index contributed by atoms with van der Waals surface area (Å²) < 4.78 is 23.8. The summed E-state index contributed by atoms with van der Waals surface area (Å²) in [5.41, 5.74) is 0.391. The molecule has 0 spiro atoms. The van der Waals surface area contributed by atoms with E-state index in [-0.39, 0.29) is 16.8 Å². The average molecular weight is 361 g/mol. The van der Waals surface area contributed by atoms with E-state index in [0.717, 1.165) is 12.8 Å². The third-order valence-electron chi connectivity index (χ3n) is 3.25. The summed E-state index contributed by atoms with van der Waals surface area (Å²) in [4.78, 5) is 14.4. The molecular weight excluding hydrogens is 344 g/mol. The predicted molar refractivity (Wildman–Crippen MR) is 80.6 cm³/mol. The highest BCUT2D eigenvalue weighted by molar-refractivity contribution is 9.10. The van der Waals surface area contributed by atoms with Gasteiger partial charge in [0.1, 0.15) is 0 Å². The van der Waals surface area contributed by atoms with E-state index in [0.29, 0.717) is 23.1 Å². The fourth-order valence-corrected chi connectivity index (χ4v) is 3.25. The number of nitrogens with one attached hydrogen (secondary N) is 1. The van der Waals surface area contributed by atoms with E-state index in [2.05, 4.69) is 21.2 Å². The van der Waals surface area contributed by atoms with Gasteiger partial charge in [-0.2, -0.15) is 0 Å². The molecule has 1 amide bonds. The fourth-order valence-electron chi connectivity index (χ4n) is 2.19. The summed E-state index contributed by atoms with van der Waals surface area (Å²) in [5, 5.41) is 3.27. The Hall–Kier alpha value is -0.920. The van der Waals surface area contributed by atoms with E-state index in [9.17, 15) is 13.2 Å². The molecule has 1 saturated heterocycles. The predicted octanol–water partition coefficient (Wildman–Crippen LogP) is 1.29. The maximum atomic E-state index is 12.5. The van der Waals surface area contributed by atoms with Crippen molar-refractivity contribution < 1.29 is 13.2 Å². The highest BCUT2D eigenvalue weighted by Crippen LogP contribution is 2.23. The number of carbonyl (C=O) groups excluding carboxylic acids is 1. The van der Waals surface area contributed by atoms with Crippen molar-refractivity contribution in [3.63, 3.8) is 0 Å². The first-order valence-electron chi connectivity index (χ1n) is 6.31. The molecule has 1 N–H and O–H groups in total. The molecule has 1 aliphatic heterocycles. The standard InChI is InChI=1S/C13H17BrN2O3S/c1-9-8-16(6-5-15-9)13(17)11-7-10(20(2,18)19)3-4-12(11)14/h3-4,7,9,15H,5-6,8H2,1-2H3. The number of hydrogen-bond donors (Lipinski definition) is 1. The number of benzene rings is 1. The Balaban J connectivity index is 2.34. The van der Waals surface area contributed by atoms with Crippen molar-refractivity contribution >= 4 is 31.7 Å². The zero-order valence-corrected chi connectivity index (χ0v) is 13.8. The monoisotopic (exact) mass is 360 g/mol. The number of carbonyl (C=O) groups is 1. The molecule has 0 aliphatic carbocycles. The molecule has 0 bridgehead atoms. The highest BCUT2D eigenvalue weighted by atomic mass is 79.9. The van der Waals surface area contributed by atoms with E-state index >= 15 is 0 Å². The summed E-state index contributed by atoms with van der Waals surface area (Å²) in [6.45, 7) is 4.00. The van der Waals surface area contributed by atoms with E-state index in [1.54, 1.807) is 11.0 Å². The van der Waals surface area contributed by atoms with Gasteiger partial charge in [-0.25, -0.2) is 8.42 Å². The smallest absolute Gasteiger partial charge is 0.255 e. The number of amides is 1. The lowest BCUT2D eigenvalue weighted by Crippen LogP contribution is -2.51. The Morgan fingerprint density at radius 3 is 2.75 bits per heavy atom. The van der Waals surface area contributed by atoms with Gasteiger partial charge in [0.2, 0.25) is 0 Å². The van der Waals surface area contributed by atoms with Crippen molar-refractivity contribution in [2.75, 3.05) is 25.9 Å². The van der Waals surface area contributed by atoms with Gasteiger partial charge in [0.25, 0.3) is 5.91 Å². The molecule has 1 aromatic rings. The minimum atomic E-state index is -3.32. The molecule has 7 heteroatoms. The zero-order chi connectivity index (χ0) is 14.9. The lowest BCUT2D eigenvalue weighted by atomic mass is 10.1. The van der Waals surface area contributed by atoms with Crippen LogP contribution in [0.25, 0.3) is 0 Å². The van der Waals surface area contributed by atoms with Crippen LogP contribution in [0, 0.1) is 0 Å². The largest absolute Gasteiger partial charge is 0.336 e. The summed E-state index contributed by atoms with van der Waals surface area (Å²) in [5.74, 6) is -0.143. The zero-order valence-electron chi connectivity index (χ0n) is 11.4. The SMILES string of the molecule is CC1CN(C(=O)c2cc(S(C)(=O)=O)ccc2Br)CCN1. The first-order chi connectivity index (χ1) is 9.29. The van der Waals surface area contributed by atoms with Gasteiger partial charge in [-0.3, -0.25) is 4.79 Å². The molecule has 2 rings (SSSR count). The van der Waals surface area contributed by atoms with E-state index < -0.39 is 9.84 Å². The second kappa shape index (κ2) is 5.83. The maximum Gasteiger partial charge on any atom is 0.255 e. The van der Waals surface area contributed by atoms with Crippen LogP contribution in [0.2, 0.25) is 0 Å². The molecule has 110 valence electrons. The van der Waals surface area contributed by atoms with Gasteiger partial charge in [-0.05, 0) is 41.1 Å². The van der Waals surface area contributed by atoms with Crippen LogP contribution in [-0.2, 0) is 9.84 Å². The molecule has 0 aromatic heterocycles. The molecule has 1 unspecified atom stereocenters. The summed E-state index contributed by atoms with van der Waals surface area (Å²) in [7, 11) is -3.32. The van der Waals surface area contributed by atoms with Gasteiger partial charge >= 0.3 is 0 Å². The Labute approximate surface area is 127 Å². The first-order valence-corrected chi connectivity index (χ1v) is 9.00. The van der Waals surface area contributed by atoms with Crippen LogP contribution in [0.3, 0.4) is 0 Å². The van der Waals surface area contributed by atoms with Gasteiger partial charge in [0.15, 0.2) is 9.84 Å². The first kappa shape index (κ1) is 15.5. The molecule has 0 saturated carbocycles. The molecule has 20 heavy (non-hydrogen) atoms. The number of piperazine rings is 1. The third-order valence-corrected chi connectivity index (χ3v) is 5.05. The summed E-state index contributed by atoms with van der Waals surface area (Å²) in [6, 6.07) is 4.78. The van der Waals surface area contributed by atoms with E-state index in [1.807, 2.05) is 6.92 Å². The molecule has 1 aromatic carbocycles. The maximum absolute atomic E-state index is 12.5. The van der Waals surface area contributed by atoms with Gasteiger partial charge < -0.3 is 10.2 Å². The Morgan fingerprint density at radius 1 is 1.45 bits per heavy atom. The van der Waals surface area contributed by atoms with Crippen molar-refractivity contribution in [1.29, 1.82) is 0 Å². The molecule has 1 fully saturated rings. The lowest BCUT2D eigenvalue weighted by molar-refractivity contribution is 0.0708. The third kappa shape index (κ3) is 3.39. The number of nitrogens with zero attached hydrogens (tertiary/aromatic N) is 1. The van der Waals surface area contributed by atoms with Crippen LogP contribution in [0.1, 0.15) is 17.3 Å². The van der Waals surface area contributed by atoms with Gasteiger partial charge in [0, 0.05) is 36.4 Å². The van der Waals surface area contributed by atoms with E-state index in [4.69, 9.17) is 0 Å². The molecule has 1 aliphatic rings. The molecule has 5 nitrogen and oxygen atoms in total. The minimum absolute atomic E-state index is 0.143. The van der Waals surface area contributed by atoms with Crippen LogP contribution in [0.15, 0.2) is 27.6 Å².